The summed E-state index contributed by atoms with van der Waals surface area (Å²) in [6, 6.07) is 10.6. The molecule has 1 fully saturated rings. The van der Waals surface area contributed by atoms with Crippen molar-refractivity contribution in [2.75, 3.05) is 26.7 Å². The topological polar surface area (TPSA) is 30.3 Å². The van der Waals surface area contributed by atoms with Gasteiger partial charge in [-0.05, 0) is 87.8 Å². The molecule has 1 saturated heterocycles. The smallest absolute Gasteiger partial charge is 0.118 e. The summed E-state index contributed by atoms with van der Waals surface area (Å²) in [6.07, 6.45) is 13.0. The van der Waals surface area contributed by atoms with Gasteiger partial charge in [-0.25, -0.2) is 0 Å². The largest absolute Gasteiger partial charge is 0.497 e. The van der Waals surface area contributed by atoms with Crippen molar-refractivity contribution in [2.45, 2.75) is 51.5 Å². The van der Waals surface area contributed by atoms with Gasteiger partial charge in [0.2, 0.25) is 0 Å². The van der Waals surface area contributed by atoms with Gasteiger partial charge in [-0.15, -0.1) is 0 Å². The molecule has 2 aromatic rings. The second-order valence-corrected chi connectivity index (χ2v) is 7.50. The first kappa shape index (κ1) is 19.0. The molecule has 0 unspecified atom stereocenters. The number of ether oxygens (including phenoxy) is 1. The zero-order valence-electron chi connectivity index (χ0n) is 16.1. The molecule has 0 bridgehead atoms. The van der Waals surface area contributed by atoms with Crippen molar-refractivity contribution in [3.63, 3.8) is 0 Å². The Kier molecular flexibility index (Phi) is 7.56. The second-order valence-electron chi connectivity index (χ2n) is 7.50. The molecule has 0 amide bonds. The number of unbranched alkanes of at least 4 members (excludes halogenated alkanes) is 2. The number of hydrogen-bond acceptors (Lipinski definition) is 3. The molecule has 26 heavy (non-hydrogen) atoms. The van der Waals surface area contributed by atoms with Gasteiger partial charge in [0.05, 0.1) is 7.11 Å². The highest BCUT2D eigenvalue weighted by atomic mass is 16.5. The van der Waals surface area contributed by atoms with Crippen LogP contribution in [0.5, 0.6) is 5.75 Å². The standard InChI is InChI=1S/C22H33N3O/c1-26-22-10-8-20(9-11-22)6-7-21-12-18-24(19-13-21)15-3-2-4-16-25-17-5-14-23-25/h5,8-11,14,17,21H,2-4,6-7,12-13,15-16,18-19H2,1H3. The zero-order valence-corrected chi connectivity index (χ0v) is 16.1. The van der Waals surface area contributed by atoms with E-state index in [1.165, 1.54) is 70.1 Å². The van der Waals surface area contributed by atoms with E-state index in [-0.39, 0.29) is 0 Å². The fourth-order valence-corrected chi connectivity index (χ4v) is 3.88. The minimum Gasteiger partial charge on any atom is -0.497 e. The van der Waals surface area contributed by atoms with Crippen molar-refractivity contribution in [3.05, 3.63) is 48.3 Å². The number of nitrogens with zero attached hydrogens (tertiary/aromatic N) is 3. The lowest BCUT2D eigenvalue weighted by atomic mass is 9.90. The van der Waals surface area contributed by atoms with Crippen LogP contribution in [0.25, 0.3) is 0 Å². The van der Waals surface area contributed by atoms with E-state index in [1.54, 1.807) is 7.11 Å². The van der Waals surface area contributed by atoms with Crippen LogP contribution < -0.4 is 4.74 Å². The third-order valence-electron chi connectivity index (χ3n) is 5.63. The summed E-state index contributed by atoms with van der Waals surface area (Å²) in [5.41, 5.74) is 1.44. The predicted octanol–water partition coefficient (Wildman–Crippen LogP) is 4.41. The molecule has 1 aliphatic rings. The Balaban J connectivity index is 1.24. The lowest BCUT2D eigenvalue weighted by Crippen LogP contribution is -2.34. The molecule has 0 radical (unpaired) electrons. The first-order valence-electron chi connectivity index (χ1n) is 10.2. The minimum atomic E-state index is 0.896. The maximum atomic E-state index is 5.23. The van der Waals surface area contributed by atoms with Crippen LogP contribution in [0, 0.1) is 5.92 Å². The third-order valence-corrected chi connectivity index (χ3v) is 5.63. The number of piperidine rings is 1. The van der Waals surface area contributed by atoms with Crippen LogP contribution in [-0.4, -0.2) is 41.4 Å². The molecule has 4 nitrogen and oxygen atoms in total. The summed E-state index contributed by atoms with van der Waals surface area (Å²) in [4.78, 5) is 2.66. The summed E-state index contributed by atoms with van der Waals surface area (Å²) in [5.74, 6) is 1.85. The summed E-state index contributed by atoms with van der Waals surface area (Å²) in [5, 5.41) is 4.26. The van der Waals surface area contributed by atoms with Crippen molar-refractivity contribution in [3.8, 4) is 5.75 Å². The third kappa shape index (κ3) is 6.17. The van der Waals surface area contributed by atoms with Crippen molar-refractivity contribution >= 4 is 0 Å². The van der Waals surface area contributed by atoms with E-state index in [1.807, 2.05) is 16.9 Å². The fourth-order valence-electron chi connectivity index (χ4n) is 3.88. The quantitative estimate of drug-likeness (QED) is 0.592. The number of aromatic nitrogens is 2. The van der Waals surface area contributed by atoms with Crippen LogP contribution in [0.1, 0.15) is 44.1 Å². The Bertz CT molecular complexity index is 601. The van der Waals surface area contributed by atoms with E-state index < -0.39 is 0 Å². The number of aryl methyl sites for hydroxylation is 2. The van der Waals surface area contributed by atoms with Crippen molar-refractivity contribution in [1.29, 1.82) is 0 Å². The number of likely N-dealkylation sites (tertiary alicyclic amines) is 1. The fraction of sp³-hybridized carbons (Fsp3) is 0.591. The van der Waals surface area contributed by atoms with Crippen molar-refractivity contribution in [2.24, 2.45) is 5.92 Å². The molecule has 0 atom stereocenters. The molecule has 2 heterocycles. The summed E-state index contributed by atoms with van der Waals surface area (Å²) in [7, 11) is 1.72. The van der Waals surface area contributed by atoms with Crippen LogP contribution in [0.4, 0.5) is 0 Å². The average molecular weight is 356 g/mol. The van der Waals surface area contributed by atoms with Gasteiger partial charge in [0.15, 0.2) is 0 Å². The maximum Gasteiger partial charge on any atom is 0.118 e. The molecule has 0 N–H and O–H groups in total. The van der Waals surface area contributed by atoms with Crippen LogP contribution in [-0.2, 0) is 13.0 Å². The Labute approximate surface area is 158 Å². The summed E-state index contributed by atoms with van der Waals surface area (Å²) < 4.78 is 7.27. The van der Waals surface area contributed by atoms with E-state index >= 15 is 0 Å². The van der Waals surface area contributed by atoms with Crippen LogP contribution in [0.2, 0.25) is 0 Å². The Hall–Kier alpha value is -1.81. The highest BCUT2D eigenvalue weighted by molar-refractivity contribution is 5.27. The number of hydrogen-bond donors (Lipinski definition) is 0. The van der Waals surface area contributed by atoms with Crippen molar-refractivity contribution in [1.82, 2.24) is 14.7 Å². The zero-order chi connectivity index (χ0) is 18.0. The van der Waals surface area contributed by atoms with Gasteiger partial charge in [0.25, 0.3) is 0 Å². The summed E-state index contributed by atoms with van der Waals surface area (Å²) >= 11 is 0. The average Bonchev–Trinajstić information content (AvgIpc) is 3.21. The van der Waals surface area contributed by atoms with Gasteiger partial charge in [0, 0.05) is 18.9 Å². The number of rotatable bonds is 10. The highest BCUT2D eigenvalue weighted by Gasteiger charge is 2.18. The van der Waals surface area contributed by atoms with E-state index in [9.17, 15) is 0 Å². The van der Waals surface area contributed by atoms with Gasteiger partial charge < -0.3 is 9.64 Å². The van der Waals surface area contributed by atoms with E-state index in [0.717, 1.165) is 18.2 Å². The molecule has 1 aliphatic heterocycles. The Morgan fingerprint density at radius 1 is 1.04 bits per heavy atom. The van der Waals surface area contributed by atoms with Gasteiger partial charge in [-0.2, -0.15) is 5.10 Å². The van der Waals surface area contributed by atoms with Gasteiger partial charge in [-0.3, -0.25) is 4.68 Å². The molecule has 1 aromatic carbocycles. The van der Waals surface area contributed by atoms with Gasteiger partial charge >= 0.3 is 0 Å². The van der Waals surface area contributed by atoms with E-state index in [4.69, 9.17) is 4.74 Å². The molecule has 4 heteroatoms. The van der Waals surface area contributed by atoms with Gasteiger partial charge in [-0.1, -0.05) is 18.6 Å². The predicted molar refractivity (Wildman–Crippen MR) is 107 cm³/mol. The van der Waals surface area contributed by atoms with E-state index in [2.05, 4.69) is 40.5 Å². The second kappa shape index (κ2) is 10.4. The molecule has 0 spiro atoms. The lowest BCUT2D eigenvalue weighted by Gasteiger charge is -2.32. The summed E-state index contributed by atoms with van der Waals surface area (Å²) in [6.45, 7) is 4.89. The Morgan fingerprint density at radius 3 is 2.50 bits per heavy atom. The molecule has 0 saturated carbocycles. The Morgan fingerprint density at radius 2 is 1.81 bits per heavy atom. The molecule has 142 valence electrons. The maximum absolute atomic E-state index is 5.23. The molecule has 0 aliphatic carbocycles. The monoisotopic (exact) mass is 355 g/mol. The van der Waals surface area contributed by atoms with Gasteiger partial charge in [0.1, 0.15) is 5.75 Å². The van der Waals surface area contributed by atoms with Crippen molar-refractivity contribution < 1.29 is 4.74 Å². The highest BCUT2D eigenvalue weighted by Crippen LogP contribution is 2.23. The first-order valence-corrected chi connectivity index (χ1v) is 10.2. The van der Waals surface area contributed by atoms with Crippen LogP contribution in [0.3, 0.4) is 0 Å². The molecular weight excluding hydrogens is 322 g/mol. The number of methoxy groups -OCH3 is 1. The molecule has 3 rings (SSSR count). The normalized spacial score (nSPS) is 16.0. The van der Waals surface area contributed by atoms with Crippen LogP contribution in [0.15, 0.2) is 42.7 Å². The van der Waals surface area contributed by atoms with E-state index in [0.29, 0.717) is 0 Å². The number of benzene rings is 1. The van der Waals surface area contributed by atoms with Crippen LogP contribution >= 0.6 is 0 Å². The first-order chi connectivity index (χ1) is 12.8. The minimum absolute atomic E-state index is 0.896. The lowest BCUT2D eigenvalue weighted by molar-refractivity contribution is 0.176. The SMILES string of the molecule is COc1ccc(CCC2CCN(CCCCCn3cccn3)CC2)cc1. The molecular formula is C22H33N3O. The molecule has 1 aromatic heterocycles.